The van der Waals surface area contributed by atoms with E-state index in [2.05, 4.69) is 15.0 Å². The number of hydroxylamine groups is 1. The van der Waals surface area contributed by atoms with Crippen LogP contribution in [-0.4, -0.2) is 21.0 Å². The topological polar surface area (TPSA) is 70.4 Å². The van der Waals surface area contributed by atoms with Crippen LogP contribution in [0.4, 0.5) is 10.1 Å². The lowest BCUT2D eigenvalue weighted by molar-refractivity contribution is 0.234. The smallest absolute Gasteiger partial charge is 0.223 e. The number of aromatic nitrogens is 2. The normalized spacial score (nSPS) is 11.4. The van der Waals surface area contributed by atoms with Crippen LogP contribution < -0.4 is 5.48 Å². The molecule has 2 aromatic heterocycles. The summed E-state index contributed by atoms with van der Waals surface area (Å²) in [6, 6.07) is 6.09. The highest BCUT2D eigenvalue weighted by Crippen LogP contribution is 2.15. The van der Waals surface area contributed by atoms with Gasteiger partial charge in [0.25, 0.3) is 0 Å². The van der Waals surface area contributed by atoms with E-state index >= 15 is 0 Å². The second kappa shape index (κ2) is 5.52. The molecule has 2 rings (SSSR count). The van der Waals surface area contributed by atoms with Gasteiger partial charge in [0.2, 0.25) is 5.95 Å². The number of halogens is 2. The van der Waals surface area contributed by atoms with Gasteiger partial charge in [-0.05, 0) is 24.3 Å². The third-order valence-electron chi connectivity index (χ3n) is 2.07. The monoisotopic (exact) mass is 266 g/mol. The Kier molecular flexibility index (Phi) is 3.81. The second-order valence-electron chi connectivity index (χ2n) is 3.25. The average Bonchev–Trinajstić information content (AvgIpc) is 2.39. The van der Waals surface area contributed by atoms with Crippen molar-refractivity contribution in [3.8, 4) is 0 Å². The number of pyridine rings is 2. The molecule has 0 aliphatic rings. The first kappa shape index (κ1) is 12.4. The largest absolute Gasteiger partial charge is 0.290 e. The Bertz CT molecular complexity index is 574. The molecule has 0 fully saturated rings. The lowest BCUT2D eigenvalue weighted by atomic mass is 10.2. The van der Waals surface area contributed by atoms with Crippen molar-refractivity contribution in [3.63, 3.8) is 0 Å². The molecule has 92 valence electrons. The van der Waals surface area contributed by atoms with E-state index in [1.807, 2.05) is 5.48 Å². The molecule has 0 amide bonds. The van der Waals surface area contributed by atoms with Gasteiger partial charge in [-0.3, -0.25) is 10.7 Å². The summed E-state index contributed by atoms with van der Waals surface area (Å²) < 4.78 is 13.4. The molecule has 0 unspecified atom stereocenters. The summed E-state index contributed by atoms with van der Waals surface area (Å²) in [6.45, 7) is 0. The van der Waals surface area contributed by atoms with Crippen LogP contribution in [0.15, 0.2) is 41.7 Å². The summed E-state index contributed by atoms with van der Waals surface area (Å²) in [5.41, 5.74) is 2.30. The van der Waals surface area contributed by atoms with Crippen LogP contribution in [0.3, 0.4) is 0 Å². The molecule has 0 spiro atoms. The Morgan fingerprint density at radius 3 is 2.78 bits per heavy atom. The molecule has 2 aromatic rings. The molecule has 18 heavy (non-hydrogen) atoms. The third-order valence-corrected chi connectivity index (χ3v) is 2.30. The number of hydrogen-bond donors (Lipinski definition) is 2. The van der Waals surface area contributed by atoms with Gasteiger partial charge in [0, 0.05) is 6.20 Å². The lowest BCUT2D eigenvalue weighted by Crippen LogP contribution is -2.21. The van der Waals surface area contributed by atoms with Gasteiger partial charge in [-0.25, -0.2) is 15.0 Å². The lowest BCUT2D eigenvalue weighted by Gasteiger charge is -2.05. The zero-order chi connectivity index (χ0) is 13.0. The van der Waals surface area contributed by atoms with E-state index in [-0.39, 0.29) is 11.4 Å². The minimum absolute atomic E-state index is 0.0509. The van der Waals surface area contributed by atoms with Gasteiger partial charge in [-0.1, -0.05) is 11.6 Å². The molecule has 0 saturated heterocycles. The van der Waals surface area contributed by atoms with Crippen LogP contribution in [0.5, 0.6) is 0 Å². The maximum absolute atomic E-state index is 13.4. The molecule has 0 bridgehead atoms. The molecule has 0 saturated carbocycles. The third kappa shape index (κ3) is 2.79. The van der Waals surface area contributed by atoms with Crippen LogP contribution >= 0.6 is 11.6 Å². The molecular formula is C11H8ClFN4O. The Morgan fingerprint density at radius 1 is 1.33 bits per heavy atom. The number of hydrogen-bond acceptors (Lipinski definition) is 4. The van der Waals surface area contributed by atoms with E-state index < -0.39 is 5.95 Å². The molecular weight excluding hydrogens is 259 g/mol. The average molecular weight is 267 g/mol. The molecule has 7 heteroatoms. The van der Waals surface area contributed by atoms with E-state index in [1.54, 1.807) is 6.07 Å². The number of amidine groups is 1. The summed E-state index contributed by atoms with van der Waals surface area (Å²) in [6.07, 6.45) is 2.70. The number of aliphatic imine (C=N–C) groups is 1. The SMILES string of the molecule is ONC(=Nc1ccc(Cl)nc1)c1cccnc1F. The fourth-order valence-corrected chi connectivity index (χ4v) is 1.38. The predicted molar refractivity (Wildman–Crippen MR) is 64.6 cm³/mol. The maximum Gasteiger partial charge on any atom is 0.223 e. The first-order valence-electron chi connectivity index (χ1n) is 4.92. The van der Waals surface area contributed by atoms with Crippen molar-refractivity contribution in [3.05, 3.63) is 53.3 Å². The zero-order valence-corrected chi connectivity index (χ0v) is 9.76. The summed E-state index contributed by atoms with van der Waals surface area (Å²) in [5, 5.41) is 9.32. The molecule has 2 N–H and O–H groups in total. The summed E-state index contributed by atoms with van der Waals surface area (Å²) >= 11 is 5.63. The molecule has 0 aliphatic heterocycles. The summed E-state index contributed by atoms with van der Waals surface area (Å²) in [7, 11) is 0. The quantitative estimate of drug-likeness (QED) is 0.379. The van der Waals surface area contributed by atoms with Crippen LogP contribution in [0.2, 0.25) is 5.15 Å². The molecule has 2 heterocycles. The van der Waals surface area contributed by atoms with Crippen LogP contribution in [0.1, 0.15) is 5.56 Å². The fourth-order valence-electron chi connectivity index (χ4n) is 1.27. The van der Waals surface area contributed by atoms with Crippen molar-refractivity contribution in [2.75, 3.05) is 0 Å². The van der Waals surface area contributed by atoms with Crippen molar-refractivity contribution in [1.82, 2.24) is 15.4 Å². The van der Waals surface area contributed by atoms with Gasteiger partial charge in [0.05, 0.1) is 17.4 Å². The number of rotatable bonds is 2. The van der Waals surface area contributed by atoms with Gasteiger partial charge < -0.3 is 0 Å². The fraction of sp³-hybridized carbons (Fsp3) is 0. The van der Waals surface area contributed by atoms with E-state index in [0.717, 1.165) is 0 Å². The van der Waals surface area contributed by atoms with Gasteiger partial charge in [-0.15, -0.1) is 0 Å². The first-order chi connectivity index (χ1) is 8.70. The Balaban J connectivity index is 2.40. The predicted octanol–water partition coefficient (Wildman–Crippen LogP) is 2.33. The highest BCUT2D eigenvalue weighted by Gasteiger charge is 2.09. The first-order valence-corrected chi connectivity index (χ1v) is 5.30. The van der Waals surface area contributed by atoms with E-state index in [0.29, 0.717) is 10.8 Å². The van der Waals surface area contributed by atoms with Gasteiger partial charge in [-0.2, -0.15) is 4.39 Å². The van der Waals surface area contributed by atoms with E-state index in [9.17, 15) is 4.39 Å². The molecule has 5 nitrogen and oxygen atoms in total. The van der Waals surface area contributed by atoms with Crippen molar-refractivity contribution in [2.24, 2.45) is 4.99 Å². The number of nitrogens with zero attached hydrogens (tertiary/aromatic N) is 3. The van der Waals surface area contributed by atoms with Crippen LogP contribution in [0.25, 0.3) is 0 Å². The molecule has 0 aromatic carbocycles. The molecule has 0 atom stereocenters. The highest BCUT2D eigenvalue weighted by molar-refractivity contribution is 6.29. The van der Waals surface area contributed by atoms with Crippen molar-refractivity contribution < 1.29 is 9.60 Å². The van der Waals surface area contributed by atoms with Crippen LogP contribution in [0, 0.1) is 5.95 Å². The van der Waals surface area contributed by atoms with E-state index in [1.165, 1.54) is 30.6 Å². The summed E-state index contributed by atoms with van der Waals surface area (Å²) in [5.74, 6) is -0.801. The highest BCUT2D eigenvalue weighted by atomic mass is 35.5. The Hall–Kier alpha value is -2.05. The van der Waals surface area contributed by atoms with Crippen LogP contribution in [-0.2, 0) is 0 Å². The summed E-state index contributed by atoms with van der Waals surface area (Å²) in [4.78, 5) is 11.3. The van der Waals surface area contributed by atoms with Gasteiger partial charge >= 0.3 is 0 Å². The van der Waals surface area contributed by atoms with E-state index in [4.69, 9.17) is 16.8 Å². The Morgan fingerprint density at radius 2 is 2.17 bits per heavy atom. The molecule has 0 radical (unpaired) electrons. The van der Waals surface area contributed by atoms with Gasteiger partial charge in [0.1, 0.15) is 5.15 Å². The minimum Gasteiger partial charge on any atom is -0.290 e. The zero-order valence-electron chi connectivity index (χ0n) is 9.01. The minimum atomic E-state index is -0.736. The number of nitrogens with one attached hydrogen (secondary N) is 1. The van der Waals surface area contributed by atoms with Gasteiger partial charge in [0.15, 0.2) is 5.84 Å². The second-order valence-corrected chi connectivity index (χ2v) is 3.64. The molecule has 0 aliphatic carbocycles. The van der Waals surface area contributed by atoms with Crippen molar-refractivity contribution >= 4 is 23.1 Å². The van der Waals surface area contributed by atoms with Crippen molar-refractivity contribution in [2.45, 2.75) is 0 Å². The maximum atomic E-state index is 13.4. The van der Waals surface area contributed by atoms with Crippen molar-refractivity contribution in [1.29, 1.82) is 0 Å². The standard InChI is InChI=1S/C11H8ClFN4O/c12-9-4-3-7(6-15-9)16-11(17-18)8-2-1-5-14-10(8)13/h1-6,18H,(H,16,17). The Labute approximate surface area is 107 Å².